The molecule has 0 aliphatic carbocycles. The van der Waals surface area contributed by atoms with Crippen molar-refractivity contribution in [3.63, 3.8) is 0 Å². The zero-order valence-corrected chi connectivity index (χ0v) is 7.50. The molecule has 0 radical (unpaired) electrons. The minimum atomic E-state index is -0.363. The lowest BCUT2D eigenvalue weighted by Crippen LogP contribution is -2.04. The van der Waals surface area contributed by atoms with Crippen LogP contribution in [-0.4, -0.2) is 16.8 Å². The van der Waals surface area contributed by atoms with E-state index < -0.39 is 0 Å². The van der Waals surface area contributed by atoms with E-state index in [4.69, 9.17) is 5.11 Å². The maximum atomic E-state index is 12.7. The lowest BCUT2D eigenvalue weighted by atomic mass is 10.0. The predicted molar refractivity (Wildman–Crippen MR) is 48.0 cm³/mol. The van der Waals surface area contributed by atoms with E-state index in [1.165, 1.54) is 18.2 Å². The highest BCUT2D eigenvalue weighted by molar-refractivity contribution is 5.32. The summed E-state index contributed by atoms with van der Waals surface area (Å²) < 4.78 is 12.7. The van der Waals surface area contributed by atoms with Crippen LogP contribution in [0.5, 0.6) is 5.75 Å². The molecule has 1 rings (SSSR count). The standard InChI is InChI=1S/C10H13FO2/c1-7(6-12)4-8-5-9(11)2-3-10(8)13/h2-3,5,7,12-13H,4,6H2,1H3/t7-/m1/s1. The molecule has 0 fully saturated rings. The number of aromatic hydroxyl groups is 1. The maximum absolute atomic E-state index is 12.7. The van der Waals surface area contributed by atoms with Crippen molar-refractivity contribution in [1.29, 1.82) is 0 Å². The molecule has 3 heteroatoms. The number of aliphatic hydroxyl groups is 1. The zero-order chi connectivity index (χ0) is 9.84. The van der Waals surface area contributed by atoms with Crippen molar-refractivity contribution in [2.45, 2.75) is 13.3 Å². The first-order chi connectivity index (χ1) is 6.13. The van der Waals surface area contributed by atoms with Gasteiger partial charge in [0.15, 0.2) is 0 Å². The number of aliphatic hydroxyl groups excluding tert-OH is 1. The number of phenolic OH excluding ortho intramolecular Hbond substituents is 1. The van der Waals surface area contributed by atoms with Crippen molar-refractivity contribution >= 4 is 0 Å². The Bertz CT molecular complexity index is 286. The van der Waals surface area contributed by atoms with Crippen LogP contribution in [0, 0.1) is 11.7 Å². The van der Waals surface area contributed by atoms with E-state index in [9.17, 15) is 9.50 Å². The van der Waals surface area contributed by atoms with E-state index in [1.54, 1.807) is 0 Å². The average molecular weight is 184 g/mol. The van der Waals surface area contributed by atoms with Gasteiger partial charge in [0.25, 0.3) is 0 Å². The molecule has 2 N–H and O–H groups in total. The van der Waals surface area contributed by atoms with Crippen molar-refractivity contribution in [3.8, 4) is 5.75 Å². The molecule has 2 nitrogen and oxygen atoms in total. The molecule has 72 valence electrons. The number of rotatable bonds is 3. The van der Waals surface area contributed by atoms with Crippen molar-refractivity contribution in [1.82, 2.24) is 0 Å². The number of halogens is 1. The Morgan fingerprint density at radius 2 is 2.15 bits per heavy atom. The fourth-order valence-electron chi connectivity index (χ4n) is 1.16. The molecule has 0 aromatic heterocycles. The monoisotopic (exact) mass is 184 g/mol. The third kappa shape index (κ3) is 2.70. The van der Waals surface area contributed by atoms with E-state index >= 15 is 0 Å². The van der Waals surface area contributed by atoms with Crippen molar-refractivity contribution in [2.24, 2.45) is 5.92 Å². The summed E-state index contributed by atoms with van der Waals surface area (Å²) >= 11 is 0. The number of hydrogen-bond donors (Lipinski definition) is 2. The molecule has 1 aromatic rings. The Kier molecular flexibility index (Phi) is 3.25. The third-order valence-corrected chi connectivity index (χ3v) is 1.92. The van der Waals surface area contributed by atoms with Gasteiger partial charge in [-0.25, -0.2) is 4.39 Å². The Morgan fingerprint density at radius 3 is 2.77 bits per heavy atom. The molecule has 0 aliphatic heterocycles. The smallest absolute Gasteiger partial charge is 0.123 e. The van der Waals surface area contributed by atoms with Gasteiger partial charge in [-0.2, -0.15) is 0 Å². The molecular formula is C10H13FO2. The van der Waals surface area contributed by atoms with Crippen LogP contribution in [0.25, 0.3) is 0 Å². The molecule has 0 heterocycles. The Balaban J connectivity index is 2.81. The number of hydrogen-bond acceptors (Lipinski definition) is 2. The van der Waals surface area contributed by atoms with Crippen molar-refractivity contribution < 1.29 is 14.6 Å². The summed E-state index contributed by atoms with van der Waals surface area (Å²) in [6.45, 7) is 1.88. The molecule has 0 amide bonds. The van der Waals surface area contributed by atoms with Gasteiger partial charge in [0.1, 0.15) is 11.6 Å². The highest BCUT2D eigenvalue weighted by Crippen LogP contribution is 2.20. The van der Waals surface area contributed by atoms with Crippen LogP contribution in [0.1, 0.15) is 12.5 Å². The summed E-state index contributed by atoms with van der Waals surface area (Å²) in [7, 11) is 0. The SMILES string of the molecule is C[C@@H](CO)Cc1cc(F)ccc1O. The molecular weight excluding hydrogens is 171 g/mol. The van der Waals surface area contributed by atoms with Crippen LogP contribution in [0.3, 0.4) is 0 Å². The van der Waals surface area contributed by atoms with E-state index in [0.717, 1.165) is 0 Å². The molecule has 0 spiro atoms. The van der Waals surface area contributed by atoms with Crippen molar-refractivity contribution in [3.05, 3.63) is 29.6 Å². The molecule has 0 aliphatic rings. The van der Waals surface area contributed by atoms with Crippen LogP contribution < -0.4 is 0 Å². The fraction of sp³-hybridized carbons (Fsp3) is 0.400. The van der Waals surface area contributed by atoms with Gasteiger partial charge in [0.2, 0.25) is 0 Å². The second-order valence-corrected chi connectivity index (χ2v) is 3.26. The first-order valence-electron chi connectivity index (χ1n) is 4.21. The Morgan fingerprint density at radius 1 is 1.46 bits per heavy atom. The van der Waals surface area contributed by atoms with Crippen LogP contribution in [0.15, 0.2) is 18.2 Å². The number of phenols is 1. The molecule has 0 unspecified atom stereocenters. The molecule has 1 atom stereocenters. The van der Waals surface area contributed by atoms with Gasteiger partial charge in [-0.3, -0.25) is 0 Å². The normalized spacial score (nSPS) is 12.8. The van der Waals surface area contributed by atoms with Crippen LogP contribution in [0.2, 0.25) is 0 Å². The summed E-state index contributed by atoms with van der Waals surface area (Å²) in [6, 6.07) is 3.83. The Labute approximate surface area is 76.6 Å². The third-order valence-electron chi connectivity index (χ3n) is 1.92. The summed E-state index contributed by atoms with van der Waals surface area (Å²) in [5.41, 5.74) is 0.543. The molecule has 0 saturated heterocycles. The summed E-state index contributed by atoms with van der Waals surface area (Å²) in [4.78, 5) is 0. The predicted octanol–water partition coefficient (Wildman–Crippen LogP) is 1.70. The van der Waals surface area contributed by atoms with Gasteiger partial charge < -0.3 is 10.2 Å². The minimum absolute atomic E-state index is 0.0349. The molecule has 1 aromatic carbocycles. The van der Waals surface area contributed by atoms with E-state index in [2.05, 4.69) is 0 Å². The van der Waals surface area contributed by atoms with E-state index in [0.29, 0.717) is 12.0 Å². The first-order valence-corrected chi connectivity index (χ1v) is 4.21. The average Bonchev–Trinajstić information content (AvgIpc) is 2.11. The van der Waals surface area contributed by atoms with Gasteiger partial charge in [0.05, 0.1) is 0 Å². The number of benzene rings is 1. The van der Waals surface area contributed by atoms with Gasteiger partial charge in [-0.15, -0.1) is 0 Å². The topological polar surface area (TPSA) is 40.5 Å². The zero-order valence-electron chi connectivity index (χ0n) is 7.50. The van der Waals surface area contributed by atoms with Gasteiger partial charge >= 0.3 is 0 Å². The highest BCUT2D eigenvalue weighted by Gasteiger charge is 2.07. The lowest BCUT2D eigenvalue weighted by molar-refractivity contribution is 0.236. The maximum Gasteiger partial charge on any atom is 0.123 e. The largest absolute Gasteiger partial charge is 0.508 e. The second-order valence-electron chi connectivity index (χ2n) is 3.26. The van der Waals surface area contributed by atoms with E-state index in [1.807, 2.05) is 6.92 Å². The molecule has 0 saturated carbocycles. The quantitative estimate of drug-likeness (QED) is 0.750. The van der Waals surface area contributed by atoms with Crippen LogP contribution >= 0.6 is 0 Å². The van der Waals surface area contributed by atoms with Gasteiger partial charge in [-0.1, -0.05) is 6.92 Å². The van der Waals surface area contributed by atoms with Gasteiger partial charge in [0, 0.05) is 6.61 Å². The Hall–Kier alpha value is -1.09. The fourth-order valence-corrected chi connectivity index (χ4v) is 1.16. The second kappa shape index (κ2) is 4.23. The first kappa shape index (κ1) is 9.99. The van der Waals surface area contributed by atoms with Crippen LogP contribution in [0.4, 0.5) is 4.39 Å². The van der Waals surface area contributed by atoms with Gasteiger partial charge in [-0.05, 0) is 36.1 Å². The van der Waals surface area contributed by atoms with Crippen LogP contribution in [-0.2, 0) is 6.42 Å². The summed E-state index contributed by atoms with van der Waals surface area (Å²) in [6.07, 6.45) is 0.486. The molecule has 13 heavy (non-hydrogen) atoms. The summed E-state index contributed by atoms with van der Waals surface area (Å²) in [5.74, 6) is -0.243. The summed E-state index contributed by atoms with van der Waals surface area (Å²) in [5, 5.41) is 18.1. The van der Waals surface area contributed by atoms with E-state index in [-0.39, 0.29) is 24.1 Å². The minimum Gasteiger partial charge on any atom is -0.508 e. The van der Waals surface area contributed by atoms with Crippen molar-refractivity contribution in [2.75, 3.05) is 6.61 Å². The lowest BCUT2D eigenvalue weighted by Gasteiger charge is -2.09. The highest BCUT2D eigenvalue weighted by atomic mass is 19.1. The molecule has 0 bridgehead atoms.